The van der Waals surface area contributed by atoms with Crippen molar-refractivity contribution in [3.8, 4) is 0 Å². The fraction of sp³-hybridized carbons (Fsp3) is 0.571. The average Bonchev–Trinajstić information content (AvgIpc) is 3.04. The second-order valence-electron chi connectivity index (χ2n) is 7.50. The Balaban J connectivity index is 2.15. The van der Waals surface area contributed by atoms with Crippen LogP contribution in [0.3, 0.4) is 0 Å². The van der Waals surface area contributed by atoms with Gasteiger partial charge in [-0.05, 0) is 32.4 Å². The Morgan fingerprint density at radius 3 is 2.46 bits per heavy atom. The molecule has 0 aliphatic carbocycles. The molecule has 0 aliphatic heterocycles. The predicted molar refractivity (Wildman–Crippen MR) is 116 cm³/mol. The van der Waals surface area contributed by atoms with Crippen molar-refractivity contribution in [3.63, 3.8) is 0 Å². The summed E-state index contributed by atoms with van der Waals surface area (Å²) in [5, 5.41) is 12.5. The number of benzene rings is 1. The molecule has 2 aromatic rings. The molecular formula is C21H34N5OS+. The predicted octanol–water partition coefficient (Wildman–Crippen LogP) is 3.10. The molecular weight excluding hydrogens is 370 g/mol. The number of carbonyl (C=O) groups excluding carboxylic acids is 1. The Bertz CT molecular complexity index is 757. The van der Waals surface area contributed by atoms with Crippen molar-refractivity contribution in [2.24, 2.45) is 0 Å². The van der Waals surface area contributed by atoms with Crippen molar-refractivity contribution in [3.05, 3.63) is 35.7 Å². The fourth-order valence-corrected chi connectivity index (χ4v) is 4.00. The quantitative estimate of drug-likeness (QED) is 0.597. The zero-order valence-electron chi connectivity index (χ0n) is 18.0. The van der Waals surface area contributed by atoms with Gasteiger partial charge >= 0.3 is 0 Å². The maximum atomic E-state index is 12.6. The standard InChI is InChI=1S/C21H33N5OS/c1-7-9-14-26-19(18(8-2)25(5)6)23-24-21(26)28-16(4)20(27)22-17-12-10-15(3)11-13-17/h10-13,16,18H,7-9,14H2,1-6H3,(H,22,27)/p+1/t16-,18-/m1/s1. The summed E-state index contributed by atoms with van der Waals surface area (Å²) in [6.07, 6.45) is 3.18. The molecule has 0 aliphatic rings. The van der Waals surface area contributed by atoms with E-state index in [4.69, 9.17) is 0 Å². The molecule has 0 saturated heterocycles. The van der Waals surface area contributed by atoms with Gasteiger partial charge in [-0.25, -0.2) is 0 Å². The summed E-state index contributed by atoms with van der Waals surface area (Å²) in [6, 6.07) is 8.15. The molecule has 0 bridgehead atoms. The van der Waals surface area contributed by atoms with Gasteiger partial charge in [-0.1, -0.05) is 49.7 Å². The number of thioether (sulfide) groups is 1. The van der Waals surface area contributed by atoms with Gasteiger partial charge in [0.15, 0.2) is 11.0 Å². The highest BCUT2D eigenvalue weighted by atomic mass is 32.2. The number of anilines is 1. The second kappa shape index (κ2) is 10.6. The van der Waals surface area contributed by atoms with Crippen LogP contribution in [0.4, 0.5) is 5.69 Å². The minimum Gasteiger partial charge on any atom is -0.331 e. The van der Waals surface area contributed by atoms with Crippen LogP contribution in [0.5, 0.6) is 0 Å². The lowest BCUT2D eigenvalue weighted by atomic mass is 10.2. The van der Waals surface area contributed by atoms with Gasteiger partial charge in [-0.2, -0.15) is 0 Å². The van der Waals surface area contributed by atoms with E-state index in [-0.39, 0.29) is 11.2 Å². The number of nitrogens with one attached hydrogen (secondary N) is 2. The van der Waals surface area contributed by atoms with Gasteiger partial charge in [-0.15, -0.1) is 10.2 Å². The smallest absolute Gasteiger partial charge is 0.237 e. The van der Waals surface area contributed by atoms with E-state index < -0.39 is 0 Å². The molecule has 0 spiro atoms. The normalized spacial score (nSPS) is 13.5. The van der Waals surface area contributed by atoms with Gasteiger partial charge in [0.05, 0.1) is 19.3 Å². The molecule has 2 atom stereocenters. The molecule has 2 N–H and O–H groups in total. The molecule has 1 amide bonds. The first kappa shape index (κ1) is 22.4. The first-order valence-corrected chi connectivity index (χ1v) is 11.0. The molecule has 28 heavy (non-hydrogen) atoms. The van der Waals surface area contributed by atoms with Crippen LogP contribution in [-0.2, 0) is 11.3 Å². The molecule has 154 valence electrons. The summed E-state index contributed by atoms with van der Waals surface area (Å²) >= 11 is 1.48. The summed E-state index contributed by atoms with van der Waals surface area (Å²) in [5.41, 5.74) is 1.99. The van der Waals surface area contributed by atoms with Gasteiger partial charge in [0, 0.05) is 18.7 Å². The number of hydrogen-bond acceptors (Lipinski definition) is 4. The Hall–Kier alpha value is -1.86. The highest BCUT2D eigenvalue weighted by molar-refractivity contribution is 8.00. The van der Waals surface area contributed by atoms with E-state index >= 15 is 0 Å². The minimum atomic E-state index is -0.259. The molecule has 1 heterocycles. The van der Waals surface area contributed by atoms with Crippen molar-refractivity contribution in [2.75, 3.05) is 19.4 Å². The summed E-state index contributed by atoms with van der Waals surface area (Å²) in [7, 11) is 4.30. The number of amides is 1. The topological polar surface area (TPSA) is 64.2 Å². The first-order chi connectivity index (χ1) is 13.4. The number of aryl methyl sites for hydroxylation is 1. The zero-order valence-corrected chi connectivity index (χ0v) is 18.8. The third-order valence-electron chi connectivity index (χ3n) is 4.87. The van der Waals surface area contributed by atoms with Crippen molar-refractivity contribution in [1.29, 1.82) is 0 Å². The van der Waals surface area contributed by atoms with Crippen LogP contribution < -0.4 is 10.2 Å². The highest BCUT2D eigenvalue weighted by Crippen LogP contribution is 2.26. The zero-order chi connectivity index (χ0) is 20.7. The average molecular weight is 405 g/mol. The van der Waals surface area contributed by atoms with E-state index in [0.29, 0.717) is 6.04 Å². The molecule has 7 heteroatoms. The lowest BCUT2D eigenvalue weighted by Gasteiger charge is -2.20. The maximum absolute atomic E-state index is 12.6. The van der Waals surface area contributed by atoms with Crippen molar-refractivity contribution in [2.45, 2.75) is 70.0 Å². The molecule has 0 fully saturated rings. The van der Waals surface area contributed by atoms with Crippen molar-refractivity contribution in [1.82, 2.24) is 14.8 Å². The first-order valence-electron chi connectivity index (χ1n) is 10.1. The summed E-state index contributed by atoms with van der Waals surface area (Å²) in [6.45, 7) is 9.20. The Morgan fingerprint density at radius 1 is 1.21 bits per heavy atom. The maximum Gasteiger partial charge on any atom is 0.237 e. The Kier molecular flexibility index (Phi) is 8.51. The van der Waals surface area contributed by atoms with Crippen molar-refractivity contribution >= 4 is 23.4 Å². The van der Waals surface area contributed by atoms with Gasteiger partial charge < -0.3 is 14.8 Å². The van der Waals surface area contributed by atoms with Crippen LogP contribution in [0.2, 0.25) is 0 Å². The summed E-state index contributed by atoms with van der Waals surface area (Å²) in [4.78, 5) is 14.0. The van der Waals surface area contributed by atoms with E-state index in [1.54, 1.807) is 0 Å². The van der Waals surface area contributed by atoms with Crippen molar-refractivity contribution < 1.29 is 9.69 Å². The van der Waals surface area contributed by atoms with Crippen LogP contribution >= 0.6 is 11.8 Å². The third-order valence-corrected chi connectivity index (χ3v) is 5.95. The number of rotatable bonds is 10. The number of aromatic nitrogens is 3. The molecule has 6 nitrogen and oxygen atoms in total. The van der Waals surface area contributed by atoms with E-state index in [9.17, 15) is 4.79 Å². The van der Waals surface area contributed by atoms with E-state index in [1.807, 2.05) is 38.1 Å². The number of quaternary nitrogens is 1. The molecule has 1 aromatic heterocycles. The van der Waals surface area contributed by atoms with E-state index in [1.165, 1.54) is 22.2 Å². The molecule has 2 rings (SSSR count). The Morgan fingerprint density at radius 2 is 1.89 bits per heavy atom. The number of nitrogens with zero attached hydrogens (tertiary/aromatic N) is 3. The van der Waals surface area contributed by atoms with Crippen LogP contribution in [0.1, 0.15) is 57.5 Å². The van der Waals surface area contributed by atoms with Crippen LogP contribution in [0, 0.1) is 6.92 Å². The molecule has 0 radical (unpaired) electrons. The van der Waals surface area contributed by atoms with E-state index in [2.05, 4.69) is 48.0 Å². The second-order valence-corrected chi connectivity index (χ2v) is 8.81. The molecule has 1 aromatic carbocycles. The minimum absolute atomic E-state index is 0.0225. The lowest BCUT2D eigenvalue weighted by molar-refractivity contribution is -0.893. The Labute approximate surface area is 173 Å². The van der Waals surface area contributed by atoms with Gasteiger partial charge in [0.2, 0.25) is 5.91 Å². The third kappa shape index (κ3) is 5.82. The van der Waals surface area contributed by atoms with E-state index in [0.717, 1.165) is 42.5 Å². The summed E-state index contributed by atoms with van der Waals surface area (Å²) < 4.78 is 2.21. The van der Waals surface area contributed by atoms with Gasteiger partial charge in [0.25, 0.3) is 0 Å². The fourth-order valence-electron chi connectivity index (χ4n) is 3.11. The van der Waals surface area contributed by atoms with Crippen LogP contribution in [0.15, 0.2) is 29.4 Å². The highest BCUT2D eigenvalue weighted by Gasteiger charge is 2.26. The lowest BCUT2D eigenvalue weighted by Crippen LogP contribution is -3.06. The van der Waals surface area contributed by atoms with Crippen LogP contribution in [-0.4, -0.2) is 40.0 Å². The van der Waals surface area contributed by atoms with Crippen LogP contribution in [0.25, 0.3) is 0 Å². The largest absolute Gasteiger partial charge is 0.331 e. The SMILES string of the molecule is CCCCn1c(S[C@H](C)C(=O)Nc2ccc(C)cc2)nnc1[C@@H](CC)[NH+](C)C. The summed E-state index contributed by atoms with van der Waals surface area (Å²) in [5.74, 6) is 0.996. The monoisotopic (exact) mass is 404 g/mol. The number of carbonyl (C=O) groups is 1. The number of unbranched alkanes of at least 4 members (excludes halogenated alkanes) is 1. The number of hydrogen-bond donors (Lipinski definition) is 2. The van der Waals surface area contributed by atoms with Gasteiger partial charge in [0.1, 0.15) is 6.04 Å². The van der Waals surface area contributed by atoms with Gasteiger partial charge in [-0.3, -0.25) is 4.79 Å². The molecule has 0 unspecified atom stereocenters. The molecule has 0 saturated carbocycles.